The van der Waals surface area contributed by atoms with Gasteiger partial charge in [0, 0.05) is 38.7 Å². The lowest BCUT2D eigenvalue weighted by atomic mass is 9.93. The van der Waals surface area contributed by atoms with Crippen molar-refractivity contribution in [1.82, 2.24) is 19.9 Å². The molecular formula is C18H23N5O2. The van der Waals surface area contributed by atoms with Crippen LogP contribution >= 0.6 is 0 Å². The van der Waals surface area contributed by atoms with E-state index in [1.54, 1.807) is 36.9 Å². The lowest BCUT2D eigenvalue weighted by Gasteiger charge is -2.32. The summed E-state index contributed by atoms with van der Waals surface area (Å²) in [5.41, 5.74) is 0.955. The van der Waals surface area contributed by atoms with Crippen molar-refractivity contribution in [3.8, 4) is 5.75 Å². The van der Waals surface area contributed by atoms with Crippen molar-refractivity contribution >= 4 is 11.7 Å². The van der Waals surface area contributed by atoms with Gasteiger partial charge in [0.15, 0.2) is 6.61 Å². The summed E-state index contributed by atoms with van der Waals surface area (Å²) in [5.74, 6) is 1.83. The molecule has 3 heterocycles. The Morgan fingerprint density at radius 3 is 3.04 bits per heavy atom. The highest BCUT2D eigenvalue weighted by Crippen LogP contribution is 2.22. The Labute approximate surface area is 147 Å². The van der Waals surface area contributed by atoms with Gasteiger partial charge in [-0.3, -0.25) is 14.8 Å². The number of anilines is 1. The highest BCUT2D eigenvalue weighted by molar-refractivity contribution is 5.77. The summed E-state index contributed by atoms with van der Waals surface area (Å²) in [4.78, 5) is 27.0. The lowest BCUT2D eigenvalue weighted by molar-refractivity contribution is -0.135. The zero-order valence-corrected chi connectivity index (χ0v) is 14.4. The summed E-state index contributed by atoms with van der Waals surface area (Å²) < 4.78 is 5.52. The highest BCUT2D eigenvalue weighted by atomic mass is 16.5. The fraction of sp³-hybridized carbons (Fsp3) is 0.444. The zero-order chi connectivity index (χ0) is 17.5. The Bertz CT molecular complexity index is 695. The average Bonchev–Trinajstić information content (AvgIpc) is 2.67. The first kappa shape index (κ1) is 17.1. The Hall–Kier alpha value is -2.70. The van der Waals surface area contributed by atoms with Crippen LogP contribution < -0.4 is 10.1 Å². The molecule has 3 rings (SSSR count). The summed E-state index contributed by atoms with van der Waals surface area (Å²) in [6.07, 6.45) is 9.59. The van der Waals surface area contributed by atoms with Gasteiger partial charge in [0.2, 0.25) is 0 Å². The molecule has 25 heavy (non-hydrogen) atoms. The van der Waals surface area contributed by atoms with Gasteiger partial charge < -0.3 is 15.0 Å². The molecular weight excluding hydrogens is 318 g/mol. The summed E-state index contributed by atoms with van der Waals surface area (Å²) in [6.45, 7) is 1.56. The number of piperidine rings is 1. The number of likely N-dealkylation sites (tertiary alicyclic amines) is 1. The van der Waals surface area contributed by atoms with Crippen LogP contribution in [0.25, 0.3) is 0 Å². The molecule has 7 nitrogen and oxygen atoms in total. The summed E-state index contributed by atoms with van der Waals surface area (Å²) in [5, 5.41) is 3.08. The standard InChI is InChI=1S/C18H23N5O2/c1-19-18-16(21-7-8-22-18)10-14-4-3-9-23(12-14)17(24)13-25-15-5-2-6-20-11-15/h2,5-8,11,14H,3-4,9-10,12-13H2,1H3,(H,19,22)/t14-/m1/s1. The Morgan fingerprint density at radius 2 is 2.24 bits per heavy atom. The molecule has 1 N–H and O–H groups in total. The van der Waals surface area contributed by atoms with Crippen LogP contribution in [0.1, 0.15) is 18.5 Å². The number of hydrogen-bond acceptors (Lipinski definition) is 6. The monoisotopic (exact) mass is 341 g/mol. The number of ether oxygens (including phenoxy) is 1. The predicted molar refractivity (Wildman–Crippen MR) is 94.3 cm³/mol. The molecule has 2 aromatic heterocycles. The third-order valence-corrected chi connectivity index (χ3v) is 4.36. The van der Waals surface area contributed by atoms with E-state index in [1.807, 2.05) is 11.9 Å². The minimum absolute atomic E-state index is 0.0153. The van der Waals surface area contributed by atoms with Crippen LogP contribution in [0.4, 0.5) is 5.82 Å². The van der Waals surface area contributed by atoms with Crippen molar-refractivity contribution in [2.75, 3.05) is 32.1 Å². The van der Waals surface area contributed by atoms with Crippen LogP contribution in [0.2, 0.25) is 0 Å². The van der Waals surface area contributed by atoms with E-state index in [0.717, 1.165) is 43.9 Å². The number of aromatic nitrogens is 3. The molecule has 0 radical (unpaired) electrons. The molecule has 7 heteroatoms. The van der Waals surface area contributed by atoms with E-state index < -0.39 is 0 Å². The zero-order valence-electron chi connectivity index (χ0n) is 14.4. The first-order valence-electron chi connectivity index (χ1n) is 8.54. The van der Waals surface area contributed by atoms with E-state index >= 15 is 0 Å². The average molecular weight is 341 g/mol. The van der Waals surface area contributed by atoms with Crippen molar-refractivity contribution < 1.29 is 9.53 Å². The van der Waals surface area contributed by atoms with Crippen LogP contribution in [0, 0.1) is 5.92 Å². The van der Waals surface area contributed by atoms with Gasteiger partial charge in [-0.25, -0.2) is 4.98 Å². The van der Waals surface area contributed by atoms with E-state index in [2.05, 4.69) is 20.3 Å². The van der Waals surface area contributed by atoms with Crippen LogP contribution in [0.3, 0.4) is 0 Å². The van der Waals surface area contributed by atoms with Gasteiger partial charge in [-0.1, -0.05) is 0 Å². The van der Waals surface area contributed by atoms with Crippen molar-refractivity contribution in [2.45, 2.75) is 19.3 Å². The van der Waals surface area contributed by atoms with Crippen LogP contribution in [-0.4, -0.2) is 52.5 Å². The van der Waals surface area contributed by atoms with E-state index in [0.29, 0.717) is 11.7 Å². The second kappa shape index (κ2) is 8.41. The molecule has 0 spiro atoms. The van der Waals surface area contributed by atoms with Gasteiger partial charge in [-0.15, -0.1) is 0 Å². The molecule has 0 saturated carbocycles. The first-order chi connectivity index (χ1) is 12.3. The lowest BCUT2D eigenvalue weighted by Crippen LogP contribution is -2.42. The quantitative estimate of drug-likeness (QED) is 0.862. The number of hydrogen-bond donors (Lipinski definition) is 1. The molecule has 1 fully saturated rings. The summed E-state index contributed by atoms with van der Waals surface area (Å²) >= 11 is 0. The highest BCUT2D eigenvalue weighted by Gasteiger charge is 2.25. The fourth-order valence-electron chi connectivity index (χ4n) is 3.13. The van der Waals surface area contributed by atoms with Crippen LogP contribution in [-0.2, 0) is 11.2 Å². The Morgan fingerprint density at radius 1 is 1.36 bits per heavy atom. The molecule has 1 aliphatic heterocycles. The number of nitrogens with one attached hydrogen (secondary N) is 1. The predicted octanol–water partition coefficient (Wildman–Crippen LogP) is 1.77. The number of amides is 1. The Balaban J connectivity index is 1.54. The van der Waals surface area contributed by atoms with Crippen molar-refractivity contribution in [3.05, 3.63) is 42.6 Å². The van der Waals surface area contributed by atoms with E-state index in [9.17, 15) is 4.79 Å². The maximum Gasteiger partial charge on any atom is 0.260 e. The van der Waals surface area contributed by atoms with Crippen LogP contribution in [0.15, 0.2) is 36.9 Å². The maximum absolute atomic E-state index is 12.4. The third-order valence-electron chi connectivity index (χ3n) is 4.36. The number of carbonyl (C=O) groups excluding carboxylic acids is 1. The van der Waals surface area contributed by atoms with Crippen molar-refractivity contribution in [1.29, 1.82) is 0 Å². The van der Waals surface area contributed by atoms with Crippen LogP contribution in [0.5, 0.6) is 5.75 Å². The van der Waals surface area contributed by atoms with Gasteiger partial charge in [0.1, 0.15) is 11.6 Å². The molecule has 2 aromatic rings. The van der Waals surface area contributed by atoms with Crippen molar-refractivity contribution in [2.24, 2.45) is 5.92 Å². The topological polar surface area (TPSA) is 80.2 Å². The SMILES string of the molecule is CNc1nccnc1C[C@H]1CCCN(C(=O)COc2cccnc2)C1. The second-order valence-corrected chi connectivity index (χ2v) is 6.13. The summed E-state index contributed by atoms with van der Waals surface area (Å²) in [6, 6.07) is 3.59. The first-order valence-corrected chi connectivity index (χ1v) is 8.54. The van der Waals surface area contributed by atoms with Gasteiger partial charge in [-0.05, 0) is 37.3 Å². The third kappa shape index (κ3) is 4.65. The molecule has 132 valence electrons. The van der Waals surface area contributed by atoms with Gasteiger partial charge >= 0.3 is 0 Å². The van der Waals surface area contributed by atoms with Gasteiger partial charge in [0.25, 0.3) is 5.91 Å². The molecule has 1 aliphatic rings. The largest absolute Gasteiger partial charge is 0.482 e. The molecule has 1 saturated heterocycles. The number of pyridine rings is 1. The van der Waals surface area contributed by atoms with Gasteiger partial charge in [-0.2, -0.15) is 0 Å². The van der Waals surface area contributed by atoms with E-state index in [-0.39, 0.29) is 12.5 Å². The number of carbonyl (C=O) groups is 1. The minimum atomic E-state index is 0.0153. The van der Waals surface area contributed by atoms with E-state index in [4.69, 9.17) is 4.74 Å². The molecule has 1 amide bonds. The summed E-state index contributed by atoms with van der Waals surface area (Å²) in [7, 11) is 1.85. The smallest absolute Gasteiger partial charge is 0.260 e. The Kier molecular flexibility index (Phi) is 5.77. The number of nitrogens with zero attached hydrogens (tertiary/aromatic N) is 4. The normalized spacial score (nSPS) is 17.2. The maximum atomic E-state index is 12.4. The number of rotatable bonds is 6. The molecule has 0 unspecified atom stereocenters. The van der Waals surface area contributed by atoms with Gasteiger partial charge in [0.05, 0.1) is 11.9 Å². The van der Waals surface area contributed by atoms with Crippen molar-refractivity contribution in [3.63, 3.8) is 0 Å². The van der Waals surface area contributed by atoms with E-state index in [1.165, 1.54) is 0 Å². The molecule has 0 bridgehead atoms. The molecule has 0 aliphatic carbocycles. The fourth-order valence-corrected chi connectivity index (χ4v) is 3.13. The second-order valence-electron chi connectivity index (χ2n) is 6.13. The molecule has 0 aromatic carbocycles. The molecule has 1 atom stereocenters. The minimum Gasteiger partial charge on any atom is -0.482 e.